The van der Waals surface area contributed by atoms with Crippen molar-refractivity contribution in [3.63, 3.8) is 0 Å². The molecule has 0 atom stereocenters. The average Bonchev–Trinajstić information content (AvgIpc) is 3.12. The van der Waals surface area contributed by atoms with E-state index in [4.69, 9.17) is 11.6 Å². The molecule has 29 heavy (non-hydrogen) atoms. The molecule has 3 aromatic carbocycles. The van der Waals surface area contributed by atoms with Crippen LogP contribution < -0.4 is 4.83 Å². The Hall–Kier alpha value is -3.29. The van der Waals surface area contributed by atoms with Gasteiger partial charge in [-0.05, 0) is 42.5 Å². The zero-order valence-electron chi connectivity index (χ0n) is 15.0. The molecule has 1 aromatic heterocycles. The molecular weight excluding hydrogens is 410 g/mol. The van der Waals surface area contributed by atoms with Gasteiger partial charge in [0.05, 0.1) is 16.3 Å². The van der Waals surface area contributed by atoms with Gasteiger partial charge in [-0.2, -0.15) is 23.1 Å². The molecule has 0 aliphatic carbocycles. The number of benzene rings is 3. The fourth-order valence-electron chi connectivity index (χ4n) is 2.85. The minimum Gasteiger partial charge on any atom is -0.508 e. The molecule has 2 N–H and O–H groups in total. The number of aromatic hydroxyl groups is 1. The summed E-state index contributed by atoms with van der Waals surface area (Å²) >= 11 is 5.96. The van der Waals surface area contributed by atoms with Gasteiger partial charge in [-0.3, -0.25) is 0 Å². The predicted octanol–water partition coefficient (Wildman–Crippen LogP) is 4.51. The van der Waals surface area contributed by atoms with E-state index in [0.29, 0.717) is 22.0 Å². The van der Waals surface area contributed by atoms with E-state index in [1.54, 1.807) is 66.7 Å². The summed E-state index contributed by atoms with van der Waals surface area (Å²) in [6.07, 6.45) is 0. The first-order chi connectivity index (χ1) is 13.9. The maximum atomic E-state index is 12.8. The van der Waals surface area contributed by atoms with Gasteiger partial charge in [0.15, 0.2) is 0 Å². The van der Waals surface area contributed by atoms with Gasteiger partial charge in [-0.1, -0.05) is 54.1 Å². The number of phenols is 1. The summed E-state index contributed by atoms with van der Waals surface area (Å²) in [6.45, 7) is 0. The molecule has 0 spiro atoms. The topological polar surface area (TPSA) is 84.2 Å². The minimum atomic E-state index is -3.86. The Morgan fingerprint density at radius 1 is 0.862 bits per heavy atom. The zero-order valence-corrected chi connectivity index (χ0v) is 16.6. The molecule has 0 unspecified atom stereocenters. The molecule has 0 saturated heterocycles. The lowest BCUT2D eigenvalue weighted by atomic mass is 10.1. The first-order valence-corrected chi connectivity index (χ1v) is 10.5. The van der Waals surface area contributed by atoms with Crippen LogP contribution in [0.2, 0.25) is 5.02 Å². The van der Waals surface area contributed by atoms with Gasteiger partial charge in [0.2, 0.25) is 0 Å². The van der Waals surface area contributed by atoms with Gasteiger partial charge in [-0.15, -0.1) is 0 Å². The summed E-state index contributed by atoms with van der Waals surface area (Å²) in [5.41, 5.74) is 2.41. The number of phenolic OH excluding ortho intramolecular Hbond substituents is 1. The van der Waals surface area contributed by atoms with Crippen LogP contribution in [0.3, 0.4) is 0 Å². The SMILES string of the molecule is O=S(=O)(Nn1nc(-c2ccc(Cl)cc2)cc1-c1cccc(O)c1)c1ccccc1. The summed E-state index contributed by atoms with van der Waals surface area (Å²) in [5, 5.41) is 14.9. The zero-order chi connectivity index (χ0) is 20.4. The monoisotopic (exact) mass is 425 g/mol. The van der Waals surface area contributed by atoms with E-state index in [1.807, 2.05) is 0 Å². The molecule has 4 rings (SSSR count). The van der Waals surface area contributed by atoms with Crippen molar-refractivity contribution in [3.8, 4) is 28.3 Å². The van der Waals surface area contributed by atoms with Gasteiger partial charge in [0.1, 0.15) is 5.75 Å². The predicted molar refractivity (Wildman–Crippen MR) is 113 cm³/mol. The van der Waals surface area contributed by atoms with Crippen LogP contribution in [0.15, 0.2) is 89.8 Å². The van der Waals surface area contributed by atoms with Gasteiger partial charge in [0.25, 0.3) is 10.0 Å². The molecule has 0 amide bonds. The van der Waals surface area contributed by atoms with E-state index < -0.39 is 10.0 Å². The van der Waals surface area contributed by atoms with Crippen LogP contribution in [-0.2, 0) is 10.0 Å². The maximum Gasteiger partial charge on any atom is 0.276 e. The standard InChI is InChI=1S/C21H16ClN3O3S/c22-17-11-9-15(10-12-17)20-14-21(16-5-4-6-18(26)13-16)25(23-20)24-29(27,28)19-7-2-1-3-8-19/h1-14,24,26H. The first kappa shape index (κ1) is 19.0. The number of halogens is 1. The highest BCUT2D eigenvalue weighted by atomic mass is 35.5. The van der Waals surface area contributed by atoms with Gasteiger partial charge in [0, 0.05) is 16.1 Å². The van der Waals surface area contributed by atoms with Crippen molar-refractivity contribution in [1.82, 2.24) is 9.89 Å². The highest BCUT2D eigenvalue weighted by Gasteiger charge is 2.19. The Bertz CT molecular complexity index is 1250. The lowest BCUT2D eigenvalue weighted by Gasteiger charge is -2.11. The van der Waals surface area contributed by atoms with E-state index in [1.165, 1.54) is 23.0 Å². The fraction of sp³-hybridized carbons (Fsp3) is 0. The average molecular weight is 426 g/mol. The van der Waals surface area contributed by atoms with E-state index in [0.717, 1.165) is 5.56 Å². The van der Waals surface area contributed by atoms with E-state index >= 15 is 0 Å². The van der Waals surface area contributed by atoms with Crippen LogP contribution in [0.4, 0.5) is 0 Å². The molecule has 1 heterocycles. The molecule has 0 saturated carbocycles. The van der Waals surface area contributed by atoms with Crippen LogP contribution in [0.1, 0.15) is 0 Å². The highest BCUT2D eigenvalue weighted by Crippen LogP contribution is 2.29. The Kier molecular flexibility index (Phi) is 5.00. The number of hydrogen-bond acceptors (Lipinski definition) is 4. The number of hydrogen-bond donors (Lipinski definition) is 2. The Labute approximate surface area is 173 Å². The van der Waals surface area contributed by atoms with Crippen molar-refractivity contribution >= 4 is 21.6 Å². The quantitative estimate of drug-likeness (QED) is 0.492. The second-order valence-electron chi connectivity index (χ2n) is 6.29. The lowest BCUT2D eigenvalue weighted by Crippen LogP contribution is -2.25. The minimum absolute atomic E-state index is 0.0641. The number of nitrogens with one attached hydrogen (secondary N) is 1. The largest absolute Gasteiger partial charge is 0.508 e. The molecule has 4 aromatic rings. The third kappa shape index (κ3) is 4.11. The van der Waals surface area contributed by atoms with Crippen molar-refractivity contribution in [2.45, 2.75) is 4.90 Å². The molecule has 0 bridgehead atoms. The maximum absolute atomic E-state index is 12.8. The normalized spacial score (nSPS) is 11.3. The van der Waals surface area contributed by atoms with Gasteiger partial charge in [-0.25, -0.2) is 0 Å². The van der Waals surface area contributed by atoms with Crippen molar-refractivity contribution < 1.29 is 13.5 Å². The second-order valence-corrected chi connectivity index (χ2v) is 8.39. The first-order valence-electron chi connectivity index (χ1n) is 8.66. The Balaban J connectivity index is 1.82. The molecular formula is C21H16ClN3O3S. The van der Waals surface area contributed by atoms with Crippen LogP contribution in [0.25, 0.3) is 22.5 Å². The summed E-state index contributed by atoms with van der Waals surface area (Å²) in [4.78, 5) is 3.80. The van der Waals surface area contributed by atoms with E-state index in [-0.39, 0.29) is 10.6 Å². The van der Waals surface area contributed by atoms with Crippen LogP contribution in [-0.4, -0.2) is 23.4 Å². The van der Waals surface area contributed by atoms with Crippen LogP contribution >= 0.6 is 11.6 Å². The molecule has 0 aliphatic rings. The second kappa shape index (κ2) is 7.62. The Morgan fingerprint density at radius 2 is 1.59 bits per heavy atom. The summed E-state index contributed by atoms with van der Waals surface area (Å²) < 4.78 is 25.6. The Morgan fingerprint density at radius 3 is 2.28 bits per heavy atom. The van der Waals surface area contributed by atoms with Crippen molar-refractivity contribution in [1.29, 1.82) is 0 Å². The van der Waals surface area contributed by atoms with Crippen molar-refractivity contribution in [3.05, 3.63) is 90.0 Å². The number of rotatable bonds is 5. The van der Waals surface area contributed by atoms with Crippen molar-refractivity contribution in [2.24, 2.45) is 0 Å². The highest BCUT2D eigenvalue weighted by molar-refractivity contribution is 7.92. The number of nitrogens with zero attached hydrogens (tertiary/aromatic N) is 2. The van der Waals surface area contributed by atoms with Gasteiger partial charge >= 0.3 is 0 Å². The third-order valence-electron chi connectivity index (χ3n) is 4.25. The summed E-state index contributed by atoms with van der Waals surface area (Å²) in [6, 6.07) is 23.4. The summed E-state index contributed by atoms with van der Waals surface area (Å²) in [7, 11) is -3.86. The third-order valence-corrected chi connectivity index (χ3v) is 5.81. The van der Waals surface area contributed by atoms with E-state index in [2.05, 4.69) is 9.93 Å². The van der Waals surface area contributed by atoms with Crippen LogP contribution in [0.5, 0.6) is 5.75 Å². The molecule has 0 aliphatic heterocycles. The molecule has 0 radical (unpaired) electrons. The molecule has 146 valence electrons. The van der Waals surface area contributed by atoms with Crippen LogP contribution in [0, 0.1) is 0 Å². The fourth-order valence-corrected chi connectivity index (χ4v) is 3.96. The molecule has 6 nitrogen and oxygen atoms in total. The number of sulfonamides is 1. The summed E-state index contributed by atoms with van der Waals surface area (Å²) in [5.74, 6) is 0.0641. The lowest BCUT2D eigenvalue weighted by molar-refractivity contribution is 0.475. The van der Waals surface area contributed by atoms with Crippen molar-refractivity contribution in [2.75, 3.05) is 4.83 Å². The molecule has 0 fully saturated rings. The van der Waals surface area contributed by atoms with E-state index in [9.17, 15) is 13.5 Å². The number of aromatic nitrogens is 2. The van der Waals surface area contributed by atoms with Gasteiger partial charge < -0.3 is 5.11 Å². The molecule has 8 heteroatoms. The smallest absolute Gasteiger partial charge is 0.276 e.